The molecule has 27 heavy (non-hydrogen) atoms. The fourth-order valence-corrected chi connectivity index (χ4v) is 3.39. The van der Waals surface area contributed by atoms with Crippen molar-refractivity contribution >= 4 is 23.4 Å². The SMILES string of the molecule is Cc1cc(C)cc(OCc2nnc(SCCOc3cccc(Cl)c3)n2N)c1. The van der Waals surface area contributed by atoms with Crippen LogP contribution in [0.5, 0.6) is 11.5 Å². The largest absolute Gasteiger partial charge is 0.493 e. The van der Waals surface area contributed by atoms with Gasteiger partial charge in [0, 0.05) is 10.8 Å². The highest BCUT2D eigenvalue weighted by Crippen LogP contribution is 2.20. The van der Waals surface area contributed by atoms with Crippen LogP contribution in [0.4, 0.5) is 0 Å². The Morgan fingerprint density at radius 3 is 2.56 bits per heavy atom. The third-order valence-corrected chi connectivity index (χ3v) is 4.82. The van der Waals surface area contributed by atoms with Crippen molar-refractivity contribution in [1.82, 2.24) is 14.9 Å². The lowest BCUT2D eigenvalue weighted by Crippen LogP contribution is -2.16. The first-order valence-corrected chi connectivity index (χ1v) is 9.79. The zero-order chi connectivity index (χ0) is 19.2. The first-order chi connectivity index (χ1) is 13.0. The van der Waals surface area contributed by atoms with E-state index < -0.39 is 0 Å². The second kappa shape index (κ2) is 9.01. The second-order valence-corrected chi connectivity index (χ2v) is 7.53. The lowest BCUT2D eigenvalue weighted by Gasteiger charge is -2.08. The van der Waals surface area contributed by atoms with Crippen LogP contribution < -0.4 is 15.3 Å². The van der Waals surface area contributed by atoms with Crippen molar-refractivity contribution in [3.05, 3.63) is 64.4 Å². The number of ether oxygens (including phenoxy) is 2. The van der Waals surface area contributed by atoms with E-state index in [1.165, 1.54) is 16.4 Å². The maximum Gasteiger partial charge on any atom is 0.210 e. The topological polar surface area (TPSA) is 75.2 Å². The fourth-order valence-electron chi connectivity index (χ4n) is 2.52. The molecule has 6 nitrogen and oxygen atoms in total. The Morgan fingerprint density at radius 2 is 1.81 bits per heavy atom. The molecule has 3 rings (SSSR count). The molecule has 0 saturated heterocycles. The number of thioether (sulfide) groups is 1. The van der Waals surface area contributed by atoms with E-state index in [0.29, 0.717) is 28.4 Å². The summed E-state index contributed by atoms with van der Waals surface area (Å²) in [5.41, 5.74) is 2.30. The Morgan fingerprint density at radius 1 is 1.04 bits per heavy atom. The molecule has 0 amide bonds. The van der Waals surface area contributed by atoms with Crippen LogP contribution in [0.15, 0.2) is 47.6 Å². The molecule has 8 heteroatoms. The number of hydrogen-bond donors (Lipinski definition) is 1. The summed E-state index contributed by atoms with van der Waals surface area (Å²) in [6.45, 7) is 4.83. The third-order valence-electron chi connectivity index (χ3n) is 3.68. The Balaban J connectivity index is 1.49. The molecule has 0 bridgehead atoms. The lowest BCUT2D eigenvalue weighted by molar-refractivity contribution is 0.291. The molecule has 2 aromatic carbocycles. The highest BCUT2D eigenvalue weighted by atomic mass is 35.5. The Bertz CT molecular complexity index is 896. The highest BCUT2D eigenvalue weighted by molar-refractivity contribution is 7.99. The van der Waals surface area contributed by atoms with Crippen molar-refractivity contribution in [1.29, 1.82) is 0 Å². The van der Waals surface area contributed by atoms with Gasteiger partial charge in [-0.2, -0.15) is 0 Å². The molecule has 2 N–H and O–H groups in total. The van der Waals surface area contributed by atoms with Crippen LogP contribution in [0.25, 0.3) is 0 Å². The summed E-state index contributed by atoms with van der Waals surface area (Å²) in [4.78, 5) is 0. The zero-order valence-corrected chi connectivity index (χ0v) is 16.8. The van der Waals surface area contributed by atoms with E-state index in [1.807, 2.05) is 44.2 Å². The van der Waals surface area contributed by atoms with Crippen molar-refractivity contribution in [2.24, 2.45) is 0 Å². The van der Waals surface area contributed by atoms with Gasteiger partial charge in [0.25, 0.3) is 0 Å². The van der Waals surface area contributed by atoms with Crippen LogP contribution in [0.2, 0.25) is 5.02 Å². The summed E-state index contributed by atoms with van der Waals surface area (Å²) in [7, 11) is 0. The van der Waals surface area contributed by atoms with Gasteiger partial charge in [0.05, 0.1) is 6.61 Å². The number of nitrogens with two attached hydrogens (primary N) is 1. The summed E-state index contributed by atoms with van der Waals surface area (Å²) in [6.07, 6.45) is 0. The van der Waals surface area contributed by atoms with Crippen LogP contribution in [0.3, 0.4) is 0 Å². The molecule has 0 aliphatic carbocycles. The average Bonchev–Trinajstić information content (AvgIpc) is 2.96. The van der Waals surface area contributed by atoms with Gasteiger partial charge in [-0.1, -0.05) is 35.5 Å². The molecule has 1 heterocycles. The number of aromatic nitrogens is 3. The van der Waals surface area contributed by atoms with Gasteiger partial charge in [-0.25, -0.2) is 4.68 Å². The van der Waals surface area contributed by atoms with Gasteiger partial charge in [0.2, 0.25) is 5.16 Å². The average molecular weight is 405 g/mol. The number of benzene rings is 2. The Hall–Kier alpha value is -2.38. The van der Waals surface area contributed by atoms with Gasteiger partial charge in [0.1, 0.15) is 18.1 Å². The van der Waals surface area contributed by atoms with Crippen molar-refractivity contribution < 1.29 is 9.47 Å². The molecule has 0 atom stereocenters. The van der Waals surface area contributed by atoms with Crippen molar-refractivity contribution in [3.8, 4) is 11.5 Å². The summed E-state index contributed by atoms with van der Waals surface area (Å²) >= 11 is 7.40. The van der Waals surface area contributed by atoms with Crippen LogP contribution in [-0.2, 0) is 6.61 Å². The predicted octanol–water partition coefficient (Wildman–Crippen LogP) is 4.01. The van der Waals surface area contributed by atoms with Crippen LogP contribution in [0.1, 0.15) is 17.0 Å². The molecule has 3 aromatic rings. The lowest BCUT2D eigenvalue weighted by atomic mass is 10.1. The molecule has 0 spiro atoms. The first-order valence-electron chi connectivity index (χ1n) is 8.43. The number of rotatable bonds is 8. The summed E-state index contributed by atoms with van der Waals surface area (Å²) in [5, 5.41) is 9.49. The number of hydrogen-bond acceptors (Lipinski definition) is 6. The normalized spacial score (nSPS) is 10.8. The van der Waals surface area contributed by atoms with Crippen molar-refractivity contribution in [2.75, 3.05) is 18.2 Å². The van der Waals surface area contributed by atoms with Gasteiger partial charge in [-0.3, -0.25) is 0 Å². The Kier molecular flexibility index (Phi) is 6.47. The smallest absolute Gasteiger partial charge is 0.210 e. The minimum Gasteiger partial charge on any atom is -0.493 e. The van der Waals surface area contributed by atoms with Gasteiger partial charge in [0.15, 0.2) is 5.82 Å². The molecule has 142 valence electrons. The van der Waals surface area contributed by atoms with E-state index in [-0.39, 0.29) is 6.61 Å². The van der Waals surface area contributed by atoms with Gasteiger partial charge >= 0.3 is 0 Å². The van der Waals surface area contributed by atoms with E-state index >= 15 is 0 Å². The fraction of sp³-hybridized carbons (Fsp3) is 0.263. The summed E-state index contributed by atoms with van der Waals surface area (Å²) < 4.78 is 12.9. The van der Waals surface area contributed by atoms with E-state index in [2.05, 4.69) is 16.3 Å². The van der Waals surface area contributed by atoms with E-state index in [9.17, 15) is 0 Å². The van der Waals surface area contributed by atoms with Crippen LogP contribution in [0, 0.1) is 13.8 Å². The zero-order valence-electron chi connectivity index (χ0n) is 15.2. The molecule has 0 saturated carbocycles. The standard InChI is InChI=1S/C19H21ClN4O2S/c1-13-8-14(2)10-17(9-13)26-12-18-22-23-19(24(18)21)27-7-6-25-16-5-3-4-15(20)11-16/h3-5,8-11H,6-7,12,21H2,1-2H3. The molecule has 0 fully saturated rings. The molecule has 1 aromatic heterocycles. The quantitative estimate of drug-likeness (QED) is 0.347. The minimum absolute atomic E-state index is 0.256. The number of aryl methyl sites for hydroxylation is 2. The van der Waals surface area contributed by atoms with Crippen molar-refractivity contribution in [2.45, 2.75) is 25.6 Å². The van der Waals surface area contributed by atoms with E-state index in [1.54, 1.807) is 6.07 Å². The minimum atomic E-state index is 0.256. The molecular formula is C19H21ClN4O2S. The molecule has 0 aliphatic heterocycles. The maximum atomic E-state index is 6.07. The van der Waals surface area contributed by atoms with Gasteiger partial charge in [-0.15, -0.1) is 10.2 Å². The number of nitrogen functional groups attached to an aromatic ring is 1. The first kappa shape index (κ1) is 19.4. The van der Waals surface area contributed by atoms with Gasteiger partial charge < -0.3 is 15.3 Å². The highest BCUT2D eigenvalue weighted by Gasteiger charge is 2.11. The summed E-state index contributed by atoms with van der Waals surface area (Å²) in [5.74, 6) is 8.84. The maximum absolute atomic E-state index is 6.07. The second-order valence-electron chi connectivity index (χ2n) is 6.04. The van der Waals surface area contributed by atoms with E-state index in [4.69, 9.17) is 26.9 Å². The third kappa shape index (κ3) is 5.55. The number of nitrogens with zero attached hydrogens (tertiary/aromatic N) is 3. The molecule has 0 aliphatic rings. The summed E-state index contributed by atoms with van der Waals surface area (Å²) in [6, 6.07) is 13.4. The van der Waals surface area contributed by atoms with Gasteiger partial charge in [-0.05, 0) is 55.3 Å². The molecule has 0 unspecified atom stereocenters. The van der Waals surface area contributed by atoms with Crippen LogP contribution >= 0.6 is 23.4 Å². The van der Waals surface area contributed by atoms with Crippen LogP contribution in [-0.4, -0.2) is 27.2 Å². The molecular weight excluding hydrogens is 384 g/mol. The Labute approximate surface area is 167 Å². The van der Waals surface area contributed by atoms with E-state index in [0.717, 1.165) is 22.6 Å². The number of halogens is 1. The molecule has 0 radical (unpaired) electrons. The monoisotopic (exact) mass is 404 g/mol. The predicted molar refractivity (Wildman–Crippen MR) is 108 cm³/mol. The van der Waals surface area contributed by atoms with Crippen molar-refractivity contribution in [3.63, 3.8) is 0 Å².